The van der Waals surface area contributed by atoms with Gasteiger partial charge in [0.25, 0.3) is 0 Å². The molecular formula is C9H14. The summed E-state index contributed by atoms with van der Waals surface area (Å²) in [5, 5.41) is 0. The van der Waals surface area contributed by atoms with Crippen molar-refractivity contribution < 1.29 is 0 Å². The molecule has 0 aromatic heterocycles. The SMILES string of the molecule is C1=C2CCC2CCCC1. The molecule has 0 N–H and O–H groups in total. The average Bonchev–Trinajstić information content (AvgIpc) is 1.94. The molecule has 0 aromatic rings. The second-order valence-electron chi connectivity index (χ2n) is 3.30. The van der Waals surface area contributed by atoms with E-state index in [1.54, 1.807) is 5.57 Å². The highest BCUT2D eigenvalue weighted by Crippen LogP contribution is 2.39. The van der Waals surface area contributed by atoms with E-state index in [1.807, 2.05) is 0 Å². The van der Waals surface area contributed by atoms with Gasteiger partial charge in [0.15, 0.2) is 0 Å². The van der Waals surface area contributed by atoms with Crippen LogP contribution in [0.15, 0.2) is 11.6 Å². The van der Waals surface area contributed by atoms with Crippen LogP contribution in [0.3, 0.4) is 0 Å². The van der Waals surface area contributed by atoms with Gasteiger partial charge in [0.05, 0.1) is 0 Å². The van der Waals surface area contributed by atoms with E-state index in [0.29, 0.717) is 0 Å². The molecule has 2 aliphatic carbocycles. The third kappa shape index (κ3) is 0.910. The quantitative estimate of drug-likeness (QED) is 0.433. The fourth-order valence-corrected chi connectivity index (χ4v) is 1.94. The molecular weight excluding hydrogens is 108 g/mol. The van der Waals surface area contributed by atoms with Crippen molar-refractivity contribution in [3.63, 3.8) is 0 Å². The van der Waals surface area contributed by atoms with Crippen LogP contribution >= 0.6 is 0 Å². The third-order valence-corrected chi connectivity index (χ3v) is 2.72. The first-order chi connectivity index (χ1) is 4.47. The van der Waals surface area contributed by atoms with Crippen LogP contribution in [0.5, 0.6) is 0 Å². The summed E-state index contributed by atoms with van der Waals surface area (Å²) in [6.45, 7) is 0. The first kappa shape index (κ1) is 5.52. The van der Waals surface area contributed by atoms with Crippen LogP contribution < -0.4 is 0 Å². The summed E-state index contributed by atoms with van der Waals surface area (Å²) in [6.07, 6.45) is 11.2. The second kappa shape index (κ2) is 2.17. The van der Waals surface area contributed by atoms with Crippen LogP contribution in [-0.4, -0.2) is 0 Å². The lowest BCUT2D eigenvalue weighted by Gasteiger charge is -2.28. The maximum absolute atomic E-state index is 2.49. The fraction of sp³-hybridized carbons (Fsp3) is 0.778. The lowest BCUT2D eigenvalue weighted by Crippen LogP contribution is -2.13. The summed E-state index contributed by atoms with van der Waals surface area (Å²) >= 11 is 0. The fourth-order valence-electron chi connectivity index (χ4n) is 1.94. The van der Waals surface area contributed by atoms with Crippen molar-refractivity contribution in [2.75, 3.05) is 0 Å². The van der Waals surface area contributed by atoms with Gasteiger partial charge >= 0.3 is 0 Å². The second-order valence-corrected chi connectivity index (χ2v) is 3.30. The van der Waals surface area contributed by atoms with Gasteiger partial charge in [-0.25, -0.2) is 0 Å². The largest absolute Gasteiger partial charge is 0.0851 e. The third-order valence-electron chi connectivity index (χ3n) is 2.72. The summed E-state index contributed by atoms with van der Waals surface area (Å²) in [4.78, 5) is 0. The molecule has 0 heteroatoms. The highest BCUT2D eigenvalue weighted by Gasteiger charge is 2.23. The van der Waals surface area contributed by atoms with Crippen LogP contribution in [0.2, 0.25) is 0 Å². The number of hydrogen-bond acceptors (Lipinski definition) is 0. The minimum atomic E-state index is 1.03. The van der Waals surface area contributed by atoms with Gasteiger partial charge in [-0.2, -0.15) is 0 Å². The zero-order chi connectivity index (χ0) is 6.10. The van der Waals surface area contributed by atoms with E-state index < -0.39 is 0 Å². The average molecular weight is 122 g/mol. The topological polar surface area (TPSA) is 0 Å². The molecule has 0 heterocycles. The monoisotopic (exact) mass is 122 g/mol. The van der Waals surface area contributed by atoms with Gasteiger partial charge < -0.3 is 0 Å². The first-order valence-electron chi connectivity index (χ1n) is 4.16. The maximum Gasteiger partial charge on any atom is -0.0200 e. The number of rotatable bonds is 0. The maximum atomic E-state index is 2.49. The van der Waals surface area contributed by atoms with E-state index in [-0.39, 0.29) is 0 Å². The molecule has 0 nitrogen and oxygen atoms in total. The van der Waals surface area contributed by atoms with Gasteiger partial charge in [-0.3, -0.25) is 0 Å². The van der Waals surface area contributed by atoms with Gasteiger partial charge in [-0.1, -0.05) is 18.1 Å². The van der Waals surface area contributed by atoms with Crippen molar-refractivity contribution in [2.24, 2.45) is 5.92 Å². The normalized spacial score (nSPS) is 33.8. The van der Waals surface area contributed by atoms with Gasteiger partial charge in [-0.15, -0.1) is 0 Å². The predicted molar refractivity (Wildman–Crippen MR) is 39.3 cm³/mol. The Kier molecular flexibility index (Phi) is 1.33. The lowest BCUT2D eigenvalue weighted by molar-refractivity contribution is 0.410. The van der Waals surface area contributed by atoms with Crippen LogP contribution in [0.25, 0.3) is 0 Å². The first-order valence-corrected chi connectivity index (χ1v) is 4.16. The summed E-state index contributed by atoms with van der Waals surface area (Å²) in [5.41, 5.74) is 1.78. The van der Waals surface area contributed by atoms with E-state index in [9.17, 15) is 0 Å². The van der Waals surface area contributed by atoms with Crippen molar-refractivity contribution in [3.8, 4) is 0 Å². The number of allylic oxidation sites excluding steroid dienone is 2. The Bertz CT molecular complexity index is 133. The molecule has 9 heavy (non-hydrogen) atoms. The molecule has 0 saturated heterocycles. The Morgan fingerprint density at radius 2 is 2.22 bits per heavy atom. The van der Waals surface area contributed by atoms with Crippen molar-refractivity contribution in [2.45, 2.75) is 38.5 Å². The van der Waals surface area contributed by atoms with E-state index >= 15 is 0 Å². The molecule has 0 aliphatic heterocycles. The Morgan fingerprint density at radius 3 is 3.00 bits per heavy atom. The Balaban J connectivity index is 2.05. The number of fused-ring (bicyclic) bond motifs is 1. The molecule has 0 amide bonds. The number of hydrogen-bond donors (Lipinski definition) is 0. The van der Waals surface area contributed by atoms with Crippen LogP contribution in [-0.2, 0) is 0 Å². The van der Waals surface area contributed by atoms with Crippen molar-refractivity contribution in [1.29, 1.82) is 0 Å². The summed E-state index contributed by atoms with van der Waals surface area (Å²) in [7, 11) is 0. The van der Waals surface area contributed by atoms with Gasteiger partial charge in [0.1, 0.15) is 0 Å². The van der Waals surface area contributed by atoms with Crippen LogP contribution in [0.4, 0.5) is 0 Å². The summed E-state index contributed by atoms with van der Waals surface area (Å²) < 4.78 is 0. The molecule has 0 radical (unpaired) electrons. The molecule has 1 atom stereocenters. The Hall–Kier alpha value is -0.260. The predicted octanol–water partition coefficient (Wildman–Crippen LogP) is 2.90. The van der Waals surface area contributed by atoms with E-state index in [2.05, 4.69) is 6.08 Å². The molecule has 1 unspecified atom stereocenters. The molecule has 1 fully saturated rings. The van der Waals surface area contributed by atoms with E-state index in [1.165, 1.54) is 38.5 Å². The molecule has 2 rings (SSSR count). The Labute approximate surface area is 57.0 Å². The standard InChI is InChI=1S/C9H14/c1-2-4-8-6-7-9(8)5-3-1/h4,9H,1-3,5-7H2. The lowest BCUT2D eigenvalue weighted by atomic mass is 9.77. The highest BCUT2D eigenvalue weighted by atomic mass is 14.3. The summed E-state index contributed by atoms with van der Waals surface area (Å²) in [6, 6.07) is 0. The Morgan fingerprint density at radius 1 is 1.22 bits per heavy atom. The van der Waals surface area contributed by atoms with Crippen LogP contribution in [0.1, 0.15) is 38.5 Å². The minimum absolute atomic E-state index is 1.03. The van der Waals surface area contributed by atoms with Gasteiger partial charge in [-0.05, 0) is 38.0 Å². The smallest absolute Gasteiger partial charge is 0.0200 e. The van der Waals surface area contributed by atoms with Crippen molar-refractivity contribution >= 4 is 0 Å². The van der Waals surface area contributed by atoms with Crippen molar-refractivity contribution in [1.82, 2.24) is 0 Å². The zero-order valence-electron chi connectivity index (χ0n) is 5.90. The van der Waals surface area contributed by atoms with E-state index in [0.717, 1.165) is 5.92 Å². The van der Waals surface area contributed by atoms with Crippen LogP contribution in [0, 0.1) is 5.92 Å². The van der Waals surface area contributed by atoms with Gasteiger partial charge in [0.2, 0.25) is 0 Å². The van der Waals surface area contributed by atoms with E-state index in [4.69, 9.17) is 0 Å². The molecule has 0 aromatic carbocycles. The molecule has 0 spiro atoms. The highest BCUT2D eigenvalue weighted by molar-refractivity contribution is 5.15. The molecule has 2 aliphatic rings. The molecule has 1 saturated carbocycles. The van der Waals surface area contributed by atoms with Gasteiger partial charge in [0, 0.05) is 0 Å². The molecule has 50 valence electrons. The summed E-state index contributed by atoms with van der Waals surface area (Å²) in [5.74, 6) is 1.03. The van der Waals surface area contributed by atoms with Crippen molar-refractivity contribution in [3.05, 3.63) is 11.6 Å². The molecule has 0 bridgehead atoms. The minimum Gasteiger partial charge on any atom is -0.0851 e. The zero-order valence-corrected chi connectivity index (χ0v) is 5.90.